The summed E-state index contributed by atoms with van der Waals surface area (Å²) in [5.74, 6) is 1.20. The van der Waals surface area contributed by atoms with Gasteiger partial charge in [-0.2, -0.15) is 0 Å². The van der Waals surface area contributed by atoms with Crippen LogP contribution in [-0.4, -0.2) is 33.3 Å². The van der Waals surface area contributed by atoms with Gasteiger partial charge in [0.05, 0.1) is 24.0 Å². The minimum atomic E-state index is -0.773. The molecule has 1 aromatic heterocycles. The maximum absolute atomic E-state index is 12.7. The van der Waals surface area contributed by atoms with Crippen LogP contribution in [-0.2, 0) is 24.3 Å². The standard InChI is InChI=1S/C29H27N3O3/c33-24(20-35-25-15-14-22-10-4-5-11-23(22)16-25)19-32-27-13-7-6-12-26(27)31-28(32)17-29(34)30-18-21-8-2-1-3-9-21/h1-16,24,33H,17-20H2,(H,30,34). The Bertz CT molecular complexity index is 1450. The monoisotopic (exact) mass is 465 g/mol. The molecule has 0 radical (unpaired) electrons. The largest absolute Gasteiger partial charge is 0.491 e. The first kappa shape index (κ1) is 22.6. The van der Waals surface area contributed by atoms with Crippen LogP contribution in [0.5, 0.6) is 5.75 Å². The molecule has 2 N–H and O–H groups in total. The zero-order valence-corrected chi connectivity index (χ0v) is 19.3. The second kappa shape index (κ2) is 10.4. The quantitative estimate of drug-likeness (QED) is 0.336. The van der Waals surface area contributed by atoms with E-state index in [1.54, 1.807) is 0 Å². The Labute approximate surface area is 203 Å². The summed E-state index contributed by atoms with van der Waals surface area (Å²) in [4.78, 5) is 17.3. The van der Waals surface area contributed by atoms with Crippen molar-refractivity contribution in [1.82, 2.24) is 14.9 Å². The maximum Gasteiger partial charge on any atom is 0.227 e. The lowest BCUT2D eigenvalue weighted by Gasteiger charge is -2.16. The van der Waals surface area contributed by atoms with E-state index in [4.69, 9.17) is 4.74 Å². The van der Waals surface area contributed by atoms with Crippen molar-refractivity contribution in [2.45, 2.75) is 25.6 Å². The zero-order valence-electron chi connectivity index (χ0n) is 19.3. The number of aliphatic hydroxyl groups excluding tert-OH is 1. The van der Waals surface area contributed by atoms with Crippen molar-refractivity contribution in [3.05, 3.63) is 108 Å². The Balaban J connectivity index is 1.26. The van der Waals surface area contributed by atoms with Gasteiger partial charge in [-0.15, -0.1) is 0 Å². The fourth-order valence-corrected chi connectivity index (χ4v) is 4.18. The average molecular weight is 466 g/mol. The maximum atomic E-state index is 12.7. The number of hydrogen-bond acceptors (Lipinski definition) is 4. The van der Waals surface area contributed by atoms with Gasteiger partial charge in [-0.05, 0) is 40.6 Å². The minimum Gasteiger partial charge on any atom is -0.491 e. The highest BCUT2D eigenvalue weighted by molar-refractivity contribution is 5.83. The first-order valence-corrected chi connectivity index (χ1v) is 11.7. The normalized spacial score (nSPS) is 12.0. The summed E-state index contributed by atoms with van der Waals surface area (Å²) in [5.41, 5.74) is 2.71. The molecule has 6 heteroatoms. The molecule has 5 rings (SSSR count). The molecular formula is C29H27N3O3. The molecule has 0 aliphatic carbocycles. The van der Waals surface area contributed by atoms with Crippen LogP contribution in [0.25, 0.3) is 21.8 Å². The van der Waals surface area contributed by atoms with Gasteiger partial charge < -0.3 is 19.7 Å². The van der Waals surface area contributed by atoms with Crippen LogP contribution in [0.4, 0.5) is 0 Å². The van der Waals surface area contributed by atoms with Gasteiger partial charge in [0.15, 0.2) is 0 Å². The van der Waals surface area contributed by atoms with E-state index in [1.807, 2.05) is 95.6 Å². The molecule has 0 aliphatic heterocycles. The molecule has 5 aromatic rings. The van der Waals surface area contributed by atoms with Gasteiger partial charge in [0.1, 0.15) is 24.3 Å². The first-order valence-electron chi connectivity index (χ1n) is 11.7. The van der Waals surface area contributed by atoms with Crippen LogP contribution in [0.3, 0.4) is 0 Å². The van der Waals surface area contributed by atoms with Crippen LogP contribution >= 0.6 is 0 Å². The lowest BCUT2D eigenvalue weighted by atomic mass is 10.1. The first-order chi connectivity index (χ1) is 17.2. The third-order valence-corrected chi connectivity index (χ3v) is 5.94. The Morgan fingerprint density at radius 3 is 2.51 bits per heavy atom. The van der Waals surface area contributed by atoms with Crippen LogP contribution in [0.15, 0.2) is 97.1 Å². The second-order valence-corrected chi connectivity index (χ2v) is 8.54. The lowest BCUT2D eigenvalue weighted by molar-refractivity contribution is -0.120. The van der Waals surface area contributed by atoms with Crippen molar-refractivity contribution < 1.29 is 14.6 Å². The Kier molecular flexibility index (Phi) is 6.73. The van der Waals surface area contributed by atoms with Gasteiger partial charge in [-0.1, -0.05) is 72.8 Å². The van der Waals surface area contributed by atoms with E-state index in [-0.39, 0.29) is 25.5 Å². The second-order valence-electron chi connectivity index (χ2n) is 8.54. The molecule has 176 valence electrons. The Morgan fingerprint density at radius 2 is 1.66 bits per heavy atom. The summed E-state index contributed by atoms with van der Waals surface area (Å²) in [6, 6.07) is 31.4. The topological polar surface area (TPSA) is 76.4 Å². The number of hydrogen-bond donors (Lipinski definition) is 2. The molecule has 0 aliphatic rings. The number of rotatable bonds is 9. The molecule has 1 amide bonds. The molecule has 0 bridgehead atoms. The number of amides is 1. The molecule has 0 spiro atoms. The van der Waals surface area contributed by atoms with Gasteiger partial charge in [0.25, 0.3) is 0 Å². The number of imidazole rings is 1. The highest BCUT2D eigenvalue weighted by atomic mass is 16.5. The van der Waals surface area contributed by atoms with E-state index in [2.05, 4.69) is 16.4 Å². The van der Waals surface area contributed by atoms with Gasteiger partial charge >= 0.3 is 0 Å². The van der Waals surface area contributed by atoms with E-state index in [0.717, 1.165) is 27.4 Å². The van der Waals surface area contributed by atoms with Crippen molar-refractivity contribution in [1.29, 1.82) is 0 Å². The summed E-state index contributed by atoms with van der Waals surface area (Å²) in [5, 5.41) is 16.0. The van der Waals surface area contributed by atoms with E-state index < -0.39 is 6.10 Å². The van der Waals surface area contributed by atoms with Gasteiger partial charge in [0.2, 0.25) is 5.91 Å². The number of aromatic nitrogens is 2. The molecule has 35 heavy (non-hydrogen) atoms. The van der Waals surface area contributed by atoms with E-state index in [0.29, 0.717) is 18.1 Å². The van der Waals surface area contributed by atoms with E-state index >= 15 is 0 Å². The number of benzene rings is 4. The van der Waals surface area contributed by atoms with E-state index in [1.165, 1.54) is 0 Å². The zero-order chi connectivity index (χ0) is 24.0. The van der Waals surface area contributed by atoms with Crippen molar-refractivity contribution >= 4 is 27.7 Å². The summed E-state index contributed by atoms with van der Waals surface area (Å²) in [6.07, 6.45) is -0.648. The van der Waals surface area contributed by atoms with Crippen molar-refractivity contribution in [3.63, 3.8) is 0 Å². The van der Waals surface area contributed by atoms with Crippen molar-refractivity contribution in [3.8, 4) is 5.75 Å². The van der Waals surface area contributed by atoms with Gasteiger partial charge in [-0.3, -0.25) is 4.79 Å². The lowest BCUT2D eigenvalue weighted by Crippen LogP contribution is -2.28. The smallest absolute Gasteiger partial charge is 0.227 e. The number of nitrogens with zero attached hydrogens (tertiary/aromatic N) is 2. The van der Waals surface area contributed by atoms with Crippen molar-refractivity contribution in [2.24, 2.45) is 0 Å². The molecule has 4 aromatic carbocycles. The molecule has 1 atom stereocenters. The predicted octanol–water partition coefficient (Wildman–Crippen LogP) is 4.49. The fourth-order valence-electron chi connectivity index (χ4n) is 4.18. The fraction of sp³-hybridized carbons (Fsp3) is 0.172. The highest BCUT2D eigenvalue weighted by Crippen LogP contribution is 2.21. The average Bonchev–Trinajstić information content (AvgIpc) is 3.23. The summed E-state index contributed by atoms with van der Waals surface area (Å²) in [6.45, 7) is 0.863. The van der Waals surface area contributed by atoms with Crippen LogP contribution in [0.2, 0.25) is 0 Å². The number of nitrogens with one attached hydrogen (secondary N) is 1. The number of fused-ring (bicyclic) bond motifs is 2. The molecular weight excluding hydrogens is 438 g/mol. The molecule has 0 saturated carbocycles. The van der Waals surface area contributed by atoms with Gasteiger partial charge in [0, 0.05) is 6.54 Å². The molecule has 6 nitrogen and oxygen atoms in total. The summed E-state index contributed by atoms with van der Waals surface area (Å²) in [7, 11) is 0. The number of para-hydroxylation sites is 2. The minimum absolute atomic E-state index is 0.118. The third-order valence-electron chi connectivity index (χ3n) is 5.94. The molecule has 1 heterocycles. The van der Waals surface area contributed by atoms with Crippen LogP contribution in [0.1, 0.15) is 11.4 Å². The highest BCUT2D eigenvalue weighted by Gasteiger charge is 2.17. The third kappa shape index (κ3) is 5.50. The molecule has 1 unspecified atom stereocenters. The summed E-state index contributed by atoms with van der Waals surface area (Å²) >= 11 is 0. The number of ether oxygens (including phenoxy) is 1. The predicted molar refractivity (Wildman–Crippen MR) is 137 cm³/mol. The molecule has 0 fully saturated rings. The number of aliphatic hydroxyl groups is 1. The van der Waals surface area contributed by atoms with Crippen LogP contribution in [0, 0.1) is 0 Å². The van der Waals surface area contributed by atoms with Crippen molar-refractivity contribution in [2.75, 3.05) is 6.61 Å². The van der Waals surface area contributed by atoms with Crippen LogP contribution < -0.4 is 10.1 Å². The van der Waals surface area contributed by atoms with E-state index in [9.17, 15) is 9.90 Å². The van der Waals surface area contributed by atoms with Gasteiger partial charge in [-0.25, -0.2) is 4.98 Å². The summed E-state index contributed by atoms with van der Waals surface area (Å²) < 4.78 is 7.79. The SMILES string of the molecule is O=C(Cc1nc2ccccc2n1CC(O)COc1ccc2ccccc2c1)NCc1ccccc1. The number of carbonyl (C=O) groups is 1. The number of carbonyl (C=O) groups excluding carboxylic acids is 1. The molecule has 0 saturated heterocycles. The Morgan fingerprint density at radius 1 is 0.914 bits per heavy atom. The Hall–Kier alpha value is -4.16.